The van der Waals surface area contributed by atoms with Gasteiger partial charge in [0.15, 0.2) is 0 Å². The van der Waals surface area contributed by atoms with Crippen LogP contribution in [0.2, 0.25) is 0 Å². The quantitative estimate of drug-likeness (QED) is 0.850. The van der Waals surface area contributed by atoms with Crippen LogP contribution in [0.4, 0.5) is 0 Å². The van der Waals surface area contributed by atoms with Gasteiger partial charge >= 0.3 is 0 Å². The maximum Gasteiger partial charge on any atom is 0.111 e. The molecule has 104 valence electrons. The van der Waals surface area contributed by atoms with Crippen LogP contribution in [0.3, 0.4) is 0 Å². The molecule has 4 heteroatoms. The predicted molar refractivity (Wildman–Crippen MR) is 81.6 cm³/mol. The molecule has 0 aliphatic heterocycles. The van der Waals surface area contributed by atoms with Crippen LogP contribution in [-0.4, -0.2) is 22.2 Å². The highest BCUT2D eigenvalue weighted by atomic mass is 32.1. The summed E-state index contributed by atoms with van der Waals surface area (Å²) in [5, 5.41) is 14.6. The van der Waals surface area contributed by atoms with Gasteiger partial charge in [-0.2, -0.15) is 0 Å². The van der Waals surface area contributed by atoms with Gasteiger partial charge in [-0.1, -0.05) is 25.5 Å². The molecule has 2 aromatic rings. The normalized spacial score (nSPS) is 16.4. The van der Waals surface area contributed by atoms with Crippen molar-refractivity contribution in [1.29, 1.82) is 0 Å². The van der Waals surface area contributed by atoms with E-state index in [9.17, 15) is 5.11 Å². The minimum atomic E-state index is -0.639. The van der Waals surface area contributed by atoms with E-state index in [0.717, 1.165) is 23.4 Å². The molecule has 2 rings (SSSR count). The molecule has 0 aliphatic rings. The van der Waals surface area contributed by atoms with Gasteiger partial charge in [0.25, 0.3) is 0 Å². The lowest BCUT2D eigenvalue weighted by atomic mass is 10.0. The van der Waals surface area contributed by atoms with Crippen molar-refractivity contribution in [3.8, 4) is 0 Å². The molecule has 2 atom stereocenters. The highest BCUT2D eigenvalue weighted by Crippen LogP contribution is 2.26. The third-order valence-corrected chi connectivity index (χ3v) is 4.48. The molecule has 0 fully saturated rings. The van der Waals surface area contributed by atoms with Crippen LogP contribution in [-0.2, 0) is 0 Å². The molecule has 3 nitrogen and oxygen atoms in total. The zero-order chi connectivity index (χ0) is 13.9. The SMILES string of the molecule is CCCC(C)(O)CNC(C)c1nc2ccccc2s1. The third-order valence-electron chi connectivity index (χ3n) is 3.26. The molecule has 0 aliphatic carbocycles. The van der Waals surface area contributed by atoms with Gasteiger partial charge in [0.1, 0.15) is 5.01 Å². The Labute approximate surface area is 118 Å². The Kier molecular flexibility index (Phi) is 4.55. The summed E-state index contributed by atoms with van der Waals surface area (Å²) < 4.78 is 1.21. The van der Waals surface area contributed by atoms with E-state index in [0.29, 0.717) is 6.54 Å². The summed E-state index contributed by atoms with van der Waals surface area (Å²) in [6.45, 7) is 6.66. The molecule has 0 bridgehead atoms. The van der Waals surface area contributed by atoms with Gasteiger partial charge in [0.2, 0.25) is 0 Å². The van der Waals surface area contributed by atoms with Crippen LogP contribution >= 0.6 is 11.3 Å². The van der Waals surface area contributed by atoms with E-state index in [1.807, 2.05) is 25.1 Å². The Hall–Kier alpha value is -0.970. The Balaban J connectivity index is 2.01. The zero-order valence-electron chi connectivity index (χ0n) is 11.8. The van der Waals surface area contributed by atoms with Crippen molar-refractivity contribution in [2.45, 2.75) is 45.3 Å². The van der Waals surface area contributed by atoms with E-state index in [1.165, 1.54) is 4.70 Å². The number of hydrogen-bond donors (Lipinski definition) is 2. The van der Waals surface area contributed by atoms with Crippen molar-refractivity contribution in [3.05, 3.63) is 29.3 Å². The van der Waals surface area contributed by atoms with Crippen LogP contribution in [0.5, 0.6) is 0 Å². The molecular weight excluding hydrogens is 256 g/mol. The number of fused-ring (bicyclic) bond motifs is 1. The maximum absolute atomic E-state index is 10.2. The first kappa shape index (κ1) is 14.4. The highest BCUT2D eigenvalue weighted by Gasteiger charge is 2.20. The molecular formula is C15H22N2OS. The first-order valence-electron chi connectivity index (χ1n) is 6.83. The van der Waals surface area contributed by atoms with Crippen molar-refractivity contribution in [2.24, 2.45) is 0 Å². The predicted octanol–water partition coefficient (Wildman–Crippen LogP) is 3.50. The molecule has 0 spiro atoms. The second-order valence-corrected chi connectivity index (χ2v) is 6.43. The minimum Gasteiger partial charge on any atom is -0.389 e. The van der Waals surface area contributed by atoms with Crippen molar-refractivity contribution in [3.63, 3.8) is 0 Å². The fourth-order valence-corrected chi connectivity index (χ4v) is 3.16. The van der Waals surface area contributed by atoms with E-state index < -0.39 is 5.60 Å². The van der Waals surface area contributed by atoms with E-state index in [2.05, 4.69) is 30.2 Å². The van der Waals surface area contributed by atoms with Crippen LogP contribution in [0, 0.1) is 0 Å². The average Bonchev–Trinajstić information content (AvgIpc) is 2.79. The minimum absolute atomic E-state index is 0.167. The molecule has 0 radical (unpaired) electrons. The maximum atomic E-state index is 10.2. The van der Waals surface area contributed by atoms with E-state index in [-0.39, 0.29) is 6.04 Å². The highest BCUT2D eigenvalue weighted by molar-refractivity contribution is 7.18. The van der Waals surface area contributed by atoms with Crippen LogP contribution in [0.15, 0.2) is 24.3 Å². The van der Waals surface area contributed by atoms with Gasteiger partial charge in [-0.25, -0.2) is 4.98 Å². The monoisotopic (exact) mass is 278 g/mol. The average molecular weight is 278 g/mol. The Morgan fingerprint density at radius 2 is 2.16 bits per heavy atom. The summed E-state index contributed by atoms with van der Waals surface area (Å²) in [7, 11) is 0. The number of benzene rings is 1. The largest absolute Gasteiger partial charge is 0.389 e. The van der Waals surface area contributed by atoms with E-state index in [4.69, 9.17) is 0 Å². The zero-order valence-corrected chi connectivity index (χ0v) is 12.6. The van der Waals surface area contributed by atoms with Crippen molar-refractivity contribution in [2.75, 3.05) is 6.54 Å². The first-order chi connectivity index (χ1) is 9.02. The Morgan fingerprint density at radius 3 is 2.84 bits per heavy atom. The van der Waals surface area contributed by atoms with E-state index >= 15 is 0 Å². The van der Waals surface area contributed by atoms with Crippen molar-refractivity contribution in [1.82, 2.24) is 10.3 Å². The smallest absolute Gasteiger partial charge is 0.111 e. The summed E-state index contributed by atoms with van der Waals surface area (Å²) in [5.74, 6) is 0. The Bertz CT molecular complexity index is 503. The number of nitrogens with one attached hydrogen (secondary N) is 1. The first-order valence-corrected chi connectivity index (χ1v) is 7.65. The van der Waals surface area contributed by atoms with Crippen molar-refractivity contribution >= 4 is 21.6 Å². The van der Waals surface area contributed by atoms with Crippen LogP contribution in [0.1, 0.15) is 44.7 Å². The topological polar surface area (TPSA) is 45.1 Å². The number of hydrogen-bond acceptors (Lipinski definition) is 4. The summed E-state index contributed by atoms with van der Waals surface area (Å²) in [5.41, 5.74) is 0.413. The molecule has 19 heavy (non-hydrogen) atoms. The second-order valence-electron chi connectivity index (χ2n) is 5.37. The van der Waals surface area contributed by atoms with E-state index in [1.54, 1.807) is 11.3 Å². The number of thiazole rings is 1. The lowest BCUT2D eigenvalue weighted by Crippen LogP contribution is -2.38. The number of rotatable bonds is 6. The molecule has 0 saturated carbocycles. The summed E-state index contributed by atoms with van der Waals surface area (Å²) in [4.78, 5) is 4.63. The standard InChI is InChI=1S/C15H22N2OS/c1-4-9-15(3,18)10-16-11(2)14-17-12-7-5-6-8-13(12)19-14/h5-8,11,16,18H,4,9-10H2,1-3H3. The summed E-state index contributed by atoms with van der Waals surface area (Å²) >= 11 is 1.71. The molecule has 2 unspecified atom stereocenters. The fourth-order valence-electron chi connectivity index (χ4n) is 2.16. The molecule has 1 heterocycles. The summed E-state index contributed by atoms with van der Waals surface area (Å²) in [6, 6.07) is 8.34. The van der Waals surface area contributed by atoms with Gasteiger partial charge in [-0.15, -0.1) is 11.3 Å². The fraction of sp³-hybridized carbons (Fsp3) is 0.533. The van der Waals surface area contributed by atoms with Crippen LogP contribution < -0.4 is 5.32 Å². The van der Waals surface area contributed by atoms with Gasteiger partial charge in [-0.3, -0.25) is 0 Å². The number of aromatic nitrogens is 1. The molecule has 0 saturated heterocycles. The van der Waals surface area contributed by atoms with Crippen molar-refractivity contribution < 1.29 is 5.11 Å². The molecule has 1 aromatic heterocycles. The van der Waals surface area contributed by atoms with Gasteiger partial charge < -0.3 is 10.4 Å². The lowest BCUT2D eigenvalue weighted by Gasteiger charge is -2.24. The second kappa shape index (κ2) is 5.99. The van der Waals surface area contributed by atoms with Gasteiger partial charge in [0.05, 0.1) is 21.9 Å². The number of nitrogens with zero attached hydrogens (tertiary/aromatic N) is 1. The lowest BCUT2D eigenvalue weighted by molar-refractivity contribution is 0.0477. The number of para-hydroxylation sites is 1. The van der Waals surface area contributed by atoms with Crippen LogP contribution in [0.25, 0.3) is 10.2 Å². The number of aliphatic hydroxyl groups is 1. The Morgan fingerprint density at radius 1 is 1.42 bits per heavy atom. The molecule has 1 aromatic carbocycles. The summed E-state index contributed by atoms with van der Waals surface area (Å²) in [6.07, 6.45) is 1.80. The molecule has 0 amide bonds. The third kappa shape index (κ3) is 3.75. The van der Waals surface area contributed by atoms with Gasteiger partial charge in [-0.05, 0) is 32.4 Å². The molecule has 2 N–H and O–H groups in total. The van der Waals surface area contributed by atoms with Gasteiger partial charge in [0, 0.05) is 6.54 Å².